The van der Waals surface area contributed by atoms with Crippen LogP contribution in [0.2, 0.25) is 0 Å². The number of carbonyl (C=O) groups is 1. The summed E-state index contributed by atoms with van der Waals surface area (Å²) in [5, 5.41) is 11.5. The molecule has 0 spiro atoms. The number of benzene rings is 1. The number of ether oxygens (including phenoxy) is 1. The van der Waals surface area contributed by atoms with Gasteiger partial charge in [-0.15, -0.1) is 11.3 Å². The zero-order valence-corrected chi connectivity index (χ0v) is 21.4. The highest BCUT2D eigenvalue weighted by Gasteiger charge is 2.33. The molecule has 8 nitrogen and oxygen atoms in total. The molecule has 10 heteroatoms. The van der Waals surface area contributed by atoms with E-state index in [9.17, 15) is 18.3 Å². The Balaban J connectivity index is 1.98. The van der Waals surface area contributed by atoms with Crippen molar-refractivity contribution in [1.82, 2.24) is 9.21 Å². The summed E-state index contributed by atoms with van der Waals surface area (Å²) in [6, 6.07) is 8.63. The van der Waals surface area contributed by atoms with E-state index in [0.29, 0.717) is 12.3 Å². The highest BCUT2D eigenvalue weighted by molar-refractivity contribution is 7.91. The maximum Gasteiger partial charge on any atom is 0.252 e. The third-order valence-electron chi connectivity index (χ3n) is 6.01. The Kier molecular flexibility index (Phi) is 8.04. The Labute approximate surface area is 200 Å². The highest BCUT2D eigenvalue weighted by Crippen LogP contribution is 2.30. The number of aliphatic hydroxyl groups excluding tert-OH is 1. The van der Waals surface area contributed by atoms with E-state index in [4.69, 9.17) is 4.74 Å². The summed E-state index contributed by atoms with van der Waals surface area (Å²) in [5.74, 6) is 0.305. The molecule has 2 aromatic rings. The summed E-state index contributed by atoms with van der Waals surface area (Å²) in [6.07, 6.45) is -0.350. The van der Waals surface area contributed by atoms with Crippen molar-refractivity contribution in [1.29, 1.82) is 0 Å². The number of anilines is 1. The third-order valence-corrected chi connectivity index (χ3v) is 9.21. The summed E-state index contributed by atoms with van der Waals surface area (Å²) in [7, 11) is 1.76. The number of fused-ring (bicyclic) bond motifs is 1. The summed E-state index contributed by atoms with van der Waals surface area (Å²) in [5.41, 5.74) is 1.68. The monoisotopic (exact) mass is 495 g/mol. The highest BCUT2D eigenvalue weighted by atomic mass is 32.2. The standard InChI is InChI=1S/C23H33N3O5S2/c1-16-13-26(17(2)15-27)22(28)12-18-11-19(24(3)4)8-9-20(18)31-21(16)14-25(5)33(29,30)23-7-6-10-32-23/h6-11,16-17,21,27H,12-15H2,1-5H3/t16-,17-,21-/m0/s1. The smallest absolute Gasteiger partial charge is 0.252 e. The minimum absolute atomic E-state index is 0.0932. The van der Waals surface area contributed by atoms with Crippen LogP contribution in [0.25, 0.3) is 0 Å². The predicted molar refractivity (Wildman–Crippen MR) is 130 cm³/mol. The Morgan fingerprint density at radius 3 is 2.61 bits per heavy atom. The van der Waals surface area contributed by atoms with E-state index < -0.39 is 16.1 Å². The van der Waals surface area contributed by atoms with Crippen molar-refractivity contribution in [2.24, 2.45) is 5.92 Å². The molecule has 3 rings (SSSR count). The molecule has 1 aliphatic heterocycles. The van der Waals surface area contributed by atoms with Gasteiger partial charge in [0.2, 0.25) is 5.91 Å². The number of amides is 1. The van der Waals surface area contributed by atoms with Gasteiger partial charge in [0.1, 0.15) is 16.1 Å². The lowest BCUT2D eigenvalue weighted by molar-refractivity contribution is -0.134. The van der Waals surface area contributed by atoms with Crippen LogP contribution < -0.4 is 9.64 Å². The van der Waals surface area contributed by atoms with Crippen molar-refractivity contribution >= 4 is 33.0 Å². The van der Waals surface area contributed by atoms with Crippen molar-refractivity contribution in [3.05, 3.63) is 41.3 Å². The molecule has 33 heavy (non-hydrogen) atoms. The molecule has 1 aliphatic rings. The average molecular weight is 496 g/mol. The zero-order valence-electron chi connectivity index (χ0n) is 19.8. The minimum atomic E-state index is -3.64. The zero-order chi connectivity index (χ0) is 24.3. The number of carbonyl (C=O) groups excluding carboxylic acids is 1. The van der Waals surface area contributed by atoms with Crippen molar-refractivity contribution < 1.29 is 23.1 Å². The van der Waals surface area contributed by atoms with Gasteiger partial charge in [-0.2, -0.15) is 4.31 Å². The lowest BCUT2D eigenvalue weighted by atomic mass is 10.0. The molecular formula is C23H33N3O5S2. The molecule has 0 bridgehead atoms. The van der Waals surface area contributed by atoms with E-state index in [2.05, 4.69) is 0 Å². The second-order valence-corrected chi connectivity index (χ2v) is 12.0. The van der Waals surface area contributed by atoms with Gasteiger partial charge in [-0.05, 0) is 36.6 Å². The molecule has 1 N–H and O–H groups in total. The Hall–Kier alpha value is -2.14. The van der Waals surface area contributed by atoms with Crippen LogP contribution in [0.4, 0.5) is 5.69 Å². The van der Waals surface area contributed by atoms with Crippen LogP contribution >= 0.6 is 11.3 Å². The van der Waals surface area contributed by atoms with Crippen LogP contribution in [0.1, 0.15) is 19.4 Å². The number of nitrogens with zero attached hydrogens (tertiary/aromatic N) is 3. The molecule has 3 atom stereocenters. The van der Waals surface area contributed by atoms with E-state index in [0.717, 1.165) is 11.3 Å². The molecular weight excluding hydrogens is 462 g/mol. The van der Waals surface area contributed by atoms with Crippen LogP contribution in [0, 0.1) is 5.92 Å². The molecule has 0 fully saturated rings. The molecule has 2 heterocycles. The molecule has 0 aliphatic carbocycles. The maximum absolute atomic E-state index is 13.2. The van der Waals surface area contributed by atoms with Crippen molar-refractivity contribution in [2.45, 2.75) is 36.6 Å². The third kappa shape index (κ3) is 5.68. The fourth-order valence-corrected chi connectivity index (χ4v) is 6.21. The molecule has 0 saturated heterocycles. The van der Waals surface area contributed by atoms with Gasteiger partial charge in [0.15, 0.2) is 0 Å². The number of aliphatic hydroxyl groups is 1. The van der Waals surface area contributed by atoms with E-state index in [1.54, 1.807) is 29.5 Å². The Morgan fingerprint density at radius 2 is 2.00 bits per heavy atom. The fourth-order valence-electron chi connectivity index (χ4n) is 3.83. The molecule has 0 unspecified atom stereocenters. The van der Waals surface area contributed by atoms with Gasteiger partial charge in [0.05, 0.1) is 25.6 Å². The first-order valence-electron chi connectivity index (χ1n) is 10.9. The second-order valence-electron chi connectivity index (χ2n) is 8.79. The SMILES string of the molecule is C[C@H]1CN([C@@H](C)CO)C(=O)Cc2cc(N(C)C)ccc2O[C@H]1CN(C)S(=O)(=O)c1cccs1. The van der Waals surface area contributed by atoms with Gasteiger partial charge in [0, 0.05) is 44.9 Å². The number of likely N-dealkylation sites (N-methyl/N-ethyl adjacent to an activating group) is 1. The number of hydrogen-bond donors (Lipinski definition) is 1. The van der Waals surface area contributed by atoms with Crippen LogP contribution in [-0.2, 0) is 21.2 Å². The summed E-state index contributed by atoms with van der Waals surface area (Å²) < 4.78 is 34.0. The molecule has 1 aromatic heterocycles. The average Bonchev–Trinajstić information content (AvgIpc) is 3.33. The fraction of sp³-hybridized carbons (Fsp3) is 0.522. The lowest BCUT2D eigenvalue weighted by Gasteiger charge is -2.33. The first kappa shape index (κ1) is 25.5. The predicted octanol–water partition coefficient (Wildman–Crippen LogP) is 2.28. The number of hydrogen-bond acceptors (Lipinski definition) is 7. The Morgan fingerprint density at radius 1 is 1.27 bits per heavy atom. The van der Waals surface area contributed by atoms with Crippen LogP contribution in [-0.4, -0.2) is 81.6 Å². The van der Waals surface area contributed by atoms with Crippen molar-refractivity contribution in [3.63, 3.8) is 0 Å². The molecule has 0 radical (unpaired) electrons. The van der Waals surface area contributed by atoms with E-state index in [1.807, 2.05) is 51.0 Å². The van der Waals surface area contributed by atoms with Crippen molar-refractivity contribution in [2.75, 3.05) is 45.7 Å². The van der Waals surface area contributed by atoms with Crippen LogP contribution in [0.5, 0.6) is 5.75 Å². The maximum atomic E-state index is 13.2. The van der Waals surface area contributed by atoms with E-state index in [1.165, 1.54) is 15.6 Å². The molecule has 1 amide bonds. The molecule has 0 saturated carbocycles. The minimum Gasteiger partial charge on any atom is -0.488 e. The van der Waals surface area contributed by atoms with Crippen LogP contribution in [0.3, 0.4) is 0 Å². The van der Waals surface area contributed by atoms with Gasteiger partial charge in [-0.25, -0.2) is 8.42 Å². The van der Waals surface area contributed by atoms with Gasteiger partial charge >= 0.3 is 0 Å². The van der Waals surface area contributed by atoms with Gasteiger partial charge < -0.3 is 19.6 Å². The summed E-state index contributed by atoms with van der Waals surface area (Å²) in [6.45, 7) is 4.09. The number of sulfonamides is 1. The first-order chi connectivity index (χ1) is 15.5. The second kappa shape index (κ2) is 10.4. The lowest BCUT2D eigenvalue weighted by Crippen LogP contribution is -2.48. The quantitative estimate of drug-likeness (QED) is 0.634. The van der Waals surface area contributed by atoms with E-state index in [-0.39, 0.29) is 41.6 Å². The normalized spacial score (nSPS) is 20.5. The largest absolute Gasteiger partial charge is 0.488 e. The number of rotatable bonds is 7. The summed E-state index contributed by atoms with van der Waals surface area (Å²) in [4.78, 5) is 16.8. The van der Waals surface area contributed by atoms with Gasteiger partial charge in [-0.1, -0.05) is 13.0 Å². The summed E-state index contributed by atoms with van der Waals surface area (Å²) >= 11 is 1.18. The Bertz CT molecular complexity index is 1060. The number of thiophene rings is 1. The van der Waals surface area contributed by atoms with Crippen LogP contribution in [0.15, 0.2) is 39.9 Å². The first-order valence-corrected chi connectivity index (χ1v) is 13.2. The van der Waals surface area contributed by atoms with Gasteiger partial charge in [0.25, 0.3) is 10.0 Å². The van der Waals surface area contributed by atoms with Gasteiger partial charge in [-0.3, -0.25) is 4.79 Å². The topological polar surface area (TPSA) is 90.4 Å². The molecule has 1 aromatic carbocycles. The molecule has 182 valence electrons. The van der Waals surface area contributed by atoms with E-state index >= 15 is 0 Å². The van der Waals surface area contributed by atoms with Crippen molar-refractivity contribution in [3.8, 4) is 5.75 Å².